The summed E-state index contributed by atoms with van der Waals surface area (Å²) in [5, 5.41) is 11.7. The van der Waals surface area contributed by atoms with E-state index in [-0.39, 0.29) is 12.5 Å². The van der Waals surface area contributed by atoms with E-state index in [1.165, 1.54) is 6.92 Å². The monoisotopic (exact) mass is 345 g/mol. The number of amides is 1. The van der Waals surface area contributed by atoms with Crippen molar-refractivity contribution in [2.45, 2.75) is 66.6 Å². The van der Waals surface area contributed by atoms with Crippen LogP contribution in [0.2, 0.25) is 0 Å². The predicted octanol–water partition coefficient (Wildman–Crippen LogP) is 3.18. The Kier molecular flexibility index (Phi) is 10.8. The molecule has 0 aromatic carbocycles. The first kappa shape index (κ1) is 22.2. The highest BCUT2D eigenvalue weighted by atomic mass is 16.7. The summed E-state index contributed by atoms with van der Waals surface area (Å²) in [5.41, 5.74) is 0. The van der Waals surface area contributed by atoms with Crippen molar-refractivity contribution in [3.63, 3.8) is 0 Å². The lowest BCUT2D eigenvalue weighted by molar-refractivity contribution is -0.172. The summed E-state index contributed by atoms with van der Waals surface area (Å²) in [7, 11) is 0. The molecule has 0 radical (unpaired) electrons. The van der Waals surface area contributed by atoms with Gasteiger partial charge in [-0.05, 0) is 18.8 Å². The zero-order chi connectivity index (χ0) is 18.7. The summed E-state index contributed by atoms with van der Waals surface area (Å²) in [4.78, 5) is 34.1. The van der Waals surface area contributed by atoms with Crippen LogP contribution in [0.4, 0.5) is 4.79 Å². The van der Waals surface area contributed by atoms with Crippen LogP contribution in [0, 0.1) is 17.8 Å². The third-order valence-corrected chi connectivity index (χ3v) is 3.97. The number of alkyl carbamates (subject to hydrolysis) is 1. The van der Waals surface area contributed by atoms with Gasteiger partial charge in [-0.1, -0.05) is 40.5 Å². The average Bonchev–Trinajstić information content (AvgIpc) is 2.49. The van der Waals surface area contributed by atoms with Crippen molar-refractivity contribution in [1.82, 2.24) is 5.32 Å². The molecule has 1 amide bonds. The van der Waals surface area contributed by atoms with E-state index in [4.69, 9.17) is 9.47 Å². The van der Waals surface area contributed by atoms with Crippen LogP contribution in [0.5, 0.6) is 0 Å². The molecule has 0 aromatic heterocycles. The van der Waals surface area contributed by atoms with Crippen molar-refractivity contribution < 1.29 is 29.0 Å². The fraction of sp³-hybridized carbons (Fsp3) is 0.824. The number of carboxylic acids is 1. The van der Waals surface area contributed by atoms with E-state index < -0.39 is 30.2 Å². The Hall–Kier alpha value is -1.79. The van der Waals surface area contributed by atoms with Crippen LogP contribution in [0.15, 0.2) is 0 Å². The zero-order valence-electron chi connectivity index (χ0n) is 15.3. The second-order valence-electron chi connectivity index (χ2n) is 6.30. The summed E-state index contributed by atoms with van der Waals surface area (Å²) < 4.78 is 9.94. The molecule has 7 heteroatoms. The van der Waals surface area contributed by atoms with Gasteiger partial charge in [0.2, 0.25) is 0 Å². The van der Waals surface area contributed by atoms with Gasteiger partial charge >= 0.3 is 18.0 Å². The molecule has 0 aromatic rings. The molecule has 0 heterocycles. The Morgan fingerprint density at radius 1 is 1.04 bits per heavy atom. The highest BCUT2D eigenvalue weighted by molar-refractivity contribution is 5.72. The largest absolute Gasteiger partial charge is 0.481 e. The van der Waals surface area contributed by atoms with Gasteiger partial charge in [0.1, 0.15) is 0 Å². The molecule has 0 bridgehead atoms. The van der Waals surface area contributed by atoms with Gasteiger partial charge in [-0.2, -0.15) is 0 Å². The third-order valence-electron chi connectivity index (χ3n) is 3.97. The minimum absolute atomic E-state index is 0.0147. The molecular formula is C17H31NO6. The molecule has 0 spiro atoms. The second kappa shape index (κ2) is 11.7. The van der Waals surface area contributed by atoms with Crippen molar-refractivity contribution in [3.05, 3.63) is 0 Å². The smallest absolute Gasteiger partial charge is 0.410 e. The summed E-state index contributed by atoms with van der Waals surface area (Å²) in [6.45, 7) is 8.88. The summed E-state index contributed by atoms with van der Waals surface area (Å²) in [6.07, 6.45) is 1.55. The maximum atomic E-state index is 11.8. The Bertz CT molecular complexity index is 406. The molecule has 140 valence electrons. The van der Waals surface area contributed by atoms with E-state index >= 15 is 0 Å². The van der Waals surface area contributed by atoms with Gasteiger partial charge in [-0.25, -0.2) is 4.79 Å². The van der Waals surface area contributed by atoms with E-state index in [1.54, 1.807) is 13.8 Å². The van der Waals surface area contributed by atoms with Gasteiger partial charge in [-0.15, -0.1) is 0 Å². The average molecular weight is 345 g/mol. The van der Waals surface area contributed by atoms with E-state index in [0.29, 0.717) is 12.3 Å². The number of hydrogen-bond donors (Lipinski definition) is 2. The number of carbonyl (C=O) groups is 3. The second-order valence-corrected chi connectivity index (χ2v) is 6.30. The fourth-order valence-electron chi connectivity index (χ4n) is 2.26. The van der Waals surface area contributed by atoms with Crippen LogP contribution in [0.25, 0.3) is 0 Å². The van der Waals surface area contributed by atoms with Crippen molar-refractivity contribution in [2.24, 2.45) is 17.8 Å². The van der Waals surface area contributed by atoms with E-state index in [9.17, 15) is 19.5 Å². The molecule has 0 unspecified atom stereocenters. The molecule has 0 fully saturated rings. The first-order chi connectivity index (χ1) is 11.2. The Morgan fingerprint density at radius 2 is 1.62 bits per heavy atom. The van der Waals surface area contributed by atoms with Crippen molar-refractivity contribution in [3.8, 4) is 0 Å². The summed E-state index contributed by atoms with van der Waals surface area (Å²) >= 11 is 0. The zero-order valence-corrected chi connectivity index (χ0v) is 15.3. The lowest BCUT2D eigenvalue weighted by Crippen LogP contribution is -2.38. The van der Waals surface area contributed by atoms with Crippen LogP contribution >= 0.6 is 0 Å². The highest BCUT2D eigenvalue weighted by Crippen LogP contribution is 2.18. The standard InChI is InChI=1S/C17H31NO6/c1-6-13(7-2)8-9-14(15(20)21)10-18-17(22)24-16(11(3)4)23-12(5)19/h11,13-14,16H,6-10H2,1-5H3,(H,18,22)(H,20,21)/t14-,16+/m0/s1. The van der Waals surface area contributed by atoms with Gasteiger partial charge < -0.3 is 19.9 Å². The molecule has 0 saturated heterocycles. The summed E-state index contributed by atoms with van der Waals surface area (Å²) in [6, 6.07) is 0. The molecule has 0 aliphatic rings. The lowest BCUT2D eigenvalue weighted by Gasteiger charge is -2.21. The van der Waals surface area contributed by atoms with Gasteiger partial charge in [0.15, 0.2) is 0 Å². The Balaban J connectivity index is 4.44. The normalized spacial score (nSPS) is 13.5. The predicted molar refractivity (Wildman–Crippen MR) is 89.3 cm³/mol. The number of carbonyl (C=O) groups excluding carboxylic acids is 2. The lowest BCUT2D eigenvalue weighted by atomic mass is 9.92. The first-order valence-corrected chi connectivity index (χ1v) is 8.55. The number of rotatable bonds is 11. The van der Waals surface area contributed by atoms with Gasteiger partial charge in [0.25, 0.3) is 6.29 Å². The summed E-state index contributed by atoms with van der Waals surface area (Å²) in [5.74, 6) is -1.86. The van der Waals surface area contributed by atoms with Gasteiger partial charge in [0, 0.05) is 19.4 Å². The molecule has 0 rings (SSSR count). The highest BCUT2D eigenvalue weighted by Gasteiger charge is 2.24. The van der Waals surface area contributed by atoms with Crippen LogP contribution in [0.1, 0.15) is 60.3 Å². The third kappa shape index (κ3) is 9.37. The molecule has 24 heavy (non-hydrogen) atoms. The quantitative estimate of drug-likeness (QED) is 0.440. The Morgan fingerprint density at radius 3 is 2.04 bits per heavy atom. The van der Waals surface area contributed by atoms with Crippen LogP contribution in [-0.2, 0) is 19.1 Å². The van der Waals surface area contributed by atoms with Gasteiger partial charge in [0.05, 0.1) is 5.92 Å². The minimum atomic E-state index is -0.990. The van der Waals surface area contributed by atoms with Crippen LogP contribution < -0.4 is 5.32 Å². The van der Waals surface area contributed by atoms with Gasteiger partial charge in [-0.3, -0.25) is 9.59 Å². The number of hydrogen-bond acceptors (Lipinski definition) is 5. The number of aliphatic carboxylic acids is 1. The topological polar surface area (TPSA) is 102 Å². The maximum Gasteiger partial charge on any atom is 0.410 e. The fourth-order valence-corrected chi connectivity index (χ4v) is 2.26. The van der Waals surface area contributed by atoms with Crippen molar-refractivity contribution in [1.29, 1.82) is 0 Å². The number of esters is 1. The van der Waals surface area contributed by atoms with E-state index in [0.717, 1.165) is 19.3 Å². The molecule has 0 saturated carbocycles. The van der Waals surface area contributed by atoms with E-state index in [1.807, 2.05) is 0 Å². The number of carboxylic acid groups (broad SMARTS) is 1. The maximum absolute atomic E-state index is 11.8. The SMILES string of the molecule is CCC(CC)CC[C@@H](CNC(=O)O[C@@H](OC(C)=O)C(C)C)C(=O)O. The molecule has 0 aliphatic carbocycles. The Labute approximate surface area is 144 Å². The van der Waals surface area contributed by atoms with Crippen molar-refractivity contribution in [2.75, 3.05) is 6.54 Å². The molecule has 2 N–H and O–H groups in total. The molecule has 7 nitrogen and oxygen atoms in total. The first-order valence-electron chi connectivity index (χ1n) is 8.55. The van der Waals surface area contributed by atoms with Crippen LogP contribution in [0.3, 0.4) is 0 Å². The van der Waals surface area contributed by atoms with E-state index in [2.05, 4.69) is 19.2 Å². The number of nitrogens with one attached hydrogen (secondary N) is 1. The minimum Gasteiger partial charge on any atom is -0.481 e. The molecular weight excluding hydrogens is 314 g/mol. The number of ether oxygens (including phenoxy) is 2. The molecule has 0 aliphatic heterocycles. The van der Waals surface area contributed by atoms with Crippen LogP contribution in [-0.4, -0.2) is 36.0 Å². The van der Waals surface area contributed by atoms with Crippen molar-refractivity contribution >= 4 is 18.0 Å². The molecule has 2 atom stereocenters.